The fraction of sp³-hybridized carbons (Fsp3) is 0.375. The first-order valence-corrected chi connectivity index (χ1v) is 8.38. The summed E-state index contributed by atoms with van der Waals surface area (Å²) in [5.41, 5.74) is 0.949. The SMILES string of the molecule is CCNC(=NCc1ccc(Cl)cc1Cl)NCCCn1cccn1.I. The number of hydrogen-bond donors (Lipinski definition) is 2. The van der Waals surface area contributed by atoms with Gasteiger partial charge in [-0.05, 0) is 37.1 Å². The zero-order chi connectivity index (χ0) is 16.5. The summed E-state index contributed by atoms with van der Waals surface area (Å²) in [4.78, 5) is 4.55. The molecule has 0 aliphatic heterocycles. The molecule has 2 rings (SSSR count). The molecule has 0 atom stereocenters. The monoisotopic (exact) mass is 481 g/mol. The summed E-state index contributed by atoms with van der Waals surface area (Å²) in [6.07, 6.45) is 4.71. The van der Waals surface area contributed by atoms with E-state index in [4.69, 9.17) is 23.2 Å². The largest absolute Gasteiger partial charge is 0.357 e. The van der Waals surface area contributed by atoms with Crippen molar-refractivity contribution in [2.45, 2.75) is 26.4 Å². The number of aryl methyl sites for hydroxylation is 1. The second-order valence-electron chi connectivity index (χ2n) is 4.98. The van der Waals surface area contributed by atoms with Crippen molar-refractivity contribution in [1.82, 2.24) is 20.4 Å². The van der Waals surface area contributed by atoms with Crippen LogP contribution in [0.2, 0.25) is 10.0 Å². The highest BCUT2D eigenvalue weighted by atomic mass is 127. The van der Waals surface area contributed by atoms with Crippen molar-refractivity contribution in [3.05, 3.63) is 52.3 Å². The average molecular weight is 482 g/mol. The second kappa shape index (κ2) is 11.5. The lowest BCUT2D eigenvalue weighted by Gasteiger charge is -2.11. The highest BCUT2D eigenvalue weighted by Gasteiger charge is 2.02. The van der Waals surface area contributed by atoms with E-state index in [1.54, 1.807) is 12.3 Å². The third kappa shape index (κ3) is 7.27. The van der Waals surface area contributed by atoms with Crippen LogP contribution in [-0.2, 0) is 13.1 Å². The molecule has 5 nitrogen and oxygen atoms in total. The Bertz CT molecular complexity index is 631. The molecule has 0 aliphatic rings. The van der Waals surface area contributed by atoms with E-state index >= 15 is 0 Å². The van der Waals surface area contributed by atoms with Crippen LogP contribution in [-0.4, -0.2) is 28.8 Å². The lowest BCUT2D eigenvalue weighted by molar-refractivity contribution is 0.570. The van der Waals surface area contributed by atoms with E-state index in [9.17, 15) is 0 Å². The number of rotatable bonds is 7. The van der Waals surface area contributed by atoms with E-state index in [2.05, 4.69) is 20.7 Å². The molecule has 0 saturated carbocycles. The molecule has 2 aromatic rings. The number of nitrogens with zero attached hydrogens (tertiary/aromatic N) is 3. The molecule has 8 heteroatoms. The Hall–Kier alpha value is -0.990. The summed E-state index contributed by atoms with van der Waals surface area (Å²) >= 11 is 12.1. The van der Waals surface area contributed by atoms with E-state index in [0.29, 0.717) is 16.6 Å². The maximum absolute atomic E-state index is 6.17. The third-order valence-corrected chi connectivity index (χ3v) is 3.77. The Morgan fingerprint density at radius 2 is 2.12 bits per heavy atom. The first-order valence-electron chi connectivity index (χ1n) is 7.62. The van der Waals surface area contributed by atoms with Gasteiger partial charge in [0, 0.05) is 42.1 Å². The van der Waals surface area contributed by atoms with E-state index in [1.807, 2.05) is 36.0 Å². The van der Waals surface area contributed by atoms with Gasteiger partial charge in [0.2, 0.25) is 0 Å². The fourth-order valence-corrected chi connectivity index (χ4v) is 2.50. The number of hydrogen-bond acceptors (Lipinski definition) is 2. The maximum Gasteiger partial charge on any atom is 0.191 e. The van der Waals surface area contributed by atoms with Crippen LogP contribution in [0.25, 0.3) is 0 Å². The van der Waals surface area contributed by atoms with Gasteiger partial charge in [-0.1, -0.05) is 29.3 Å². The van der Waals surface area contributed by atoms with Crippen molar-refractivity contribution in [2.24, 2.45) is 4.99 Å². The minimum absolute atomic E-state index is 0. The molecule has 132 valence electrons. The molecule has 24 heavy (non-hydrogen) atoms. The zero-order valence-electron chi connectivity index (χ0n) is 13.5. The van der Waals surface area contributed by atoms with Crippen molar-refractivity contribution in [2.75, 3.05) is 13.1 Å². The lowest BCUT2D eigenvalue weighted by Crippen LogP contribution is -2.38. The quantitative estimate of drug-likeness (QED) is 0.272. The van der Waals surface area contributed by atoms with Crippen molar-refractivity contribution in [3.63, 3.8) is 0 Å². The van der Waals surface area contributed by atoms with Gasteiger partial charge in [-0.3, -0.25) is 4.68 Å². The van der Waals surface area contributed by atoms with Gasteiger partial charge < -0.3 is 10.6 Å². The van der Waals surface area contributed by atoms with Gasteiger partial charge in [-0.2, -0.15) is 5.10 Å². The number of halogens is 3. The van der Waals surface area contributed by atoms with Crippen LogP contribution in [0.15, 0.2) is 41.7 Å². The van der Waals surface area contributed by atoms with Crippen LogP contribution in [0.5, 0.6) is 0 Å². The van der Waals surface area contributed by atoms with E-state index in [0.717, 1.165) is 37.6 Å². The van der Waals surface area contributed by atoms with Crippen LogP contribution < -0.4 is 10.6 Å². The first-order chi connectivity index (χ1) is 11.2. The number of benzene rings is 1. The van der Waals surface area contributed by atoms with Gasteiger partial charge in [-0.15, -0.1) is 24.0 Å². The standard InChI is InChI=1S/C16H21Cl2N5.HI/c1-2-19-16(20-7-3-9-23-10-4-8-22-23)21-12-13-5-6-14(17)11-15(13)18;/h4-6,8,10-11H,2-3,7,9,12H2,1H3,(H2,19,20,21);1H. The molecular weight excluding hydrogens is 460 g/mol. The third-order valence-electron chi connectivity index (χ3n) is 3.18. The second-order valence-corrected chi connectivity index (χ2v) is 5.82. The van der Waals surface area contributed by atoms with Crippen LogP contribution in [0.4, 0.5) is 0 Å². The summed E-state index contributed by atoms with van der Waals surface area (Å²) in [6, 6.07) is 7.38. The predicted molar refractivity (Wildman–Crippen MR) is 112 cm³/mol. The lowest BCUT2D eigenvalue weighted by atomic mass is 10.2. The van der Waals surface area contributed by atoms with Crippen LogP contribution in [0.3, 0.4) is 0 Å². The van der Waals surface area contributed by atoms with Gasteiger partial charge in [0.15, 0.2) is 5.96 Å². The normalized spacial score (nSPS) is 11.0. The molecule has 0 fully saturated rings. The zero-order valence-corrected chi connectivity index (χ0v) is 17.3. The number of aromatic nitrogens is 2. The van der Waals surface area contributed by atoms with Gasteiger partial charge >= 0.3 is 0 Å². The number of nitrogens with one attached hydrogen (secondary N) is 2. The highest BCUT2D eigenvalue weighted by Crippen LogP contribution is 2.21. The molecule has 0 spiro atoms. The molecule has 1 heterocycles. The molecule has 0 aliphatic carbocycles. The smallest absolute Gasteiger partial charge is 0.191 e. The Kier molecular flexibility index (Phi) is 10.1. The van der Waals surface area contributed by atoms with Gasteiger partial charge in [-0.25, -0.2) is 4.99 Å². The minimum atomic E-state index is 0. The fourth-order valence-electron chi connectivity index (χ4n) is 2.04. The maximum atomic E-state index is 6.17. The number of aliphatic imine (C=N–C) groups is 1. The Balaban J connectivity index is 0.00000288. The van der Waals surface area contributed by atoms with E-state index in [1.165, 1.54) is 0 Å². The Morgan fingerprint density at radius 1 is 1.29 bits per heavy atom. The van der Waals surface area contributed by atoms with Crippen molar-refractivity contribution in [3.8, 4) is 0 Å². The molecule has 0 unspecified atom stereocenters. The number of guanidine groups is 1. The summed E-state index contributed by atoms with van der Waals surface area (Å²) in [5.74, 6) is 0.777. The average Bonchev–Trinajstić information content (AvgIpc) is 3.03. The highest BCUT2D eigenvalue weighted by molar-refractivity contribution is 14.0. The summed E-state index contributed by atoms with van der Waals surface area (Å²) in [5, 5.41) is 12.0. The molecule has 1 aromatic carbocycles. The molecular formula is C16H22Cl2IN5. The summed E-state index contributed by atoms with van der Waals surface area (Å²) in [6.45, 7) is 5.04. The van der Waals surface area contributed by atoms with Crippen LogP contribution >= 0.6 is 47.2 Å². The van der Waals surface area contributed by atoms with E-state index in [-0.39, 0.29) is 24.0 Å². The van der Waals surface area contributed by atoms with Crippen molar-refractivity contribution in [1.29, 1.82) is 0 Å². The van der Waals surface area contributed by atoms with Crippen molar-refractivity contribution >= 4 is 53.1 Å². The van der Waals surface area contributed by atoms with Crippen LogP contribution in [0, 0.1) is 0 Å². The van der Waals surface area contributed by atoms with E-state index < -0.39 is 0 Å². The van der Waals surface area contributed by atoms with Crippen LogP contribution in [0.1, 0.15) is 18.9 Å². The molecule has 2 N–H and O–H groups in total. The van der Waals surface area contributed by atoms with Gasteiger partial charge in [0.25, 0.3) is 0 Å². The van der Waals surface area contributed by atoms with Gasteiger partial charge in [0.1, 0.15) is 0 Å². The molecule has 0 radical (unpaired) electrons. The van der Waals surface area contributed by atoms with Crippen molar-refractivity contribution < 1.29 is 0 Å². The molecule has 1 aromatic heterocycles. The summed E-state index contributed by atoms with van der Waals surface area (Å²) < 4.78 is 1.92. The van der Waals surface area contributed by atoms with Gasteiger partial charge in [0.05, 0.1) is 6.54 Å². The first kappa shape index (κ1) is 21.1. The molecule has 0 amide bonds. The minimum Gasteiger partial charge on any atom is -0.357 e. The molecule has 0 bridgehead atoms. The Labute approximate surface area is 169 Å². The topological polar surface area (TPSA) is 54.2 Å². The predicted octanol–water partition coefficient (Wildman–Crippen LogP) is 3.95. The summed E-state index contributed by atoms with van der Waals surface area (Å²) in [7, 11) is 0. The Morgan fingerprint density at radius 3 is 2.79 bits per heavy atom. The molecule has 0 saturated heterocycles.